The first-order valence-electron chi connectivity index (χ1n) is 10.3. The zero-order valence-electron chi connectivity index (χ0n) is 19.1. The van der Waals surface area contributed by atoms with Gasteiger partial charge in [0.25, 0.3) is 11.8 Å². The van der Waals surface area contributed by atoms with Gasteiger partial charge >= 0.3 is 7.12 Å². The SMILES string of the molecule is COc1ccc2c(OC)cc(C(=O)N(C)c3cc(B(O)O)cc(C(=O)NC(C)C)c3)nc2c1. The minimum absolute atomic E-state index is 0.0786. The molecule has 2 aromatic carbocycles. The average Bonchev–Trinajstić information content (AvgIpc) is 2.80. The molecule has 0 saturated carbocycles. The van der Waals surface area contributed by atoms with Crippen molar-refractivity contribution in [3.05, 3.63) is 53.7 Å². The van der Waals surface area contributed by atoms with Crippen molar-refractivity contribution in [3.8, 4) is 11.5 Å². The van der Waals surface area contributed by atoms with Crippen LogP contribution in [0.5, 0.6) is 11.5 Å². The van der Waals surface area contributed by atoms with E-state index < -0.39 is 18.9 Å². The molecule has 3 aromatic rings. The van der Waals surface area contributed by atoms with Crippen LogP contribution in [0.2, 0.25) is 0 Å². The molecule has 0 unspecified atom stereocenters. The topological polar surface area (TPSA) is 121 Å². The lowest BCUT2D eigenvalue weighted by atomic mass is 9.79. The summed E-state index contributed by atoms with van der Waals surface area (Å²) in [5.74, 6) is 0.182. The summed E-state index contributed by atoms with van der Waals surface area (Å²) in [6, 6.07) is 11.0. The third kappa shape index (κ3) is 5.24. The molecule has 33 heavy (non-hydrogen) atoms. The van der Waals surface area contributed by atoms with Gasteiger partial charge in [-0.05, 0) is 49.6 Å². The minimum atomic E-state index is -1.81. The predicted molar refractivity (Wildman–Crippen MR) is 126 cm³/mol. The Morgan fingerprint density at radius 1 is 1.06 bits per heavy atom. The number of amides is 2. The van der Waals surface area contributed by atoms with Crippen molar-refractivity contribution in [1.29, 1.82) is 0 Å². The maximum atomic E-state index is 13.3. The number of benzene rings is 2. The van der Waals surface area contributed by atoms with Crippen molar-refractivity contribution in [1.82, 2.24) is 10.3 Å². The molecule has 10 heteroatoms. The van der Waals surface area contributed by atoms with Gasteiger partial charge in [0.1, 0.15) is 17.2 Å². The summed E-state index contributed by atoms with van der Waals surface area (Å²) in [6.07, 6.45) is 0. The van der Waals surface area contributed by atoms with Crippen LogP contribution in [-0.4, -0.2) is 61.3 Å². The molecule has 0 aliphatic heterocycles. The average molecular weight is 451 g/mol. The molecular weight excluding hydrogens is 425 g/mol. The Hall–Kier alpha value is -3.63. The molecular formula is C23H26BN3O6. The van der Waals surface area contributed by atoms with Gasteiger partial charge in [0.15, 0.2) is 0 Å². The lowest BCUT2D eigenvalue weighted by Crippen LogP contribution is -2.36. The van der Waals surface area contributed by atoms with Crippen LogP contribution in [0.3, 0.4) is 0 Å². The van der Waals surface area contributed by atoms with Crippen molar-refractivity contribution in [2.75, 3.05) is 26.2 Å². The Kier molecular flexibility index (Phi) is 7.20. The van der Waals surface area contributed by atoms with Gasteiger partial charge in [-0.1, -0.05) is 0 Å². The number of ether oxygens (including phenoxy) is 2. The molecule has 0 fully saturated rings. The Balaban J connectivity index is 2.05. The third-order valence-corrected chi connectivity index (χ3v) is 5.03. The number of anilines is 1. The Bertz CT molecular complexity index is 1200. The number of nitrogens with zero attached hydrogens (tertiary/aromatic N) is 2. The van der Waals surface area contributed by atoms with Crippen molar-refractivity contribution < 1.29 is 29.1 Å². The second-order valence-corrected chi connectivity index (χ2v) is 7.77. The van der Waals surface area contributed by atoms with E-state index in [1.807, 2.05) is 13.8 Å². The van der Waals surface area contributed by atoms with Crippen LogP contribution in [0.25, 0.3) is 10.9 Å². The van der Waals surface area contributed by atoms with E-state index in [0.29, 0.717) is 22.7 Å². The molecule has 0 radical (unpaired) electrons. The zero-order chi connectivity index (χ0) is 24.3. The summed E-state index contributed by atoms with van der Waals surface area (Å²) in [5.41, 5.74) is 1.19. The predicted octanol–water partition coefficient (Wildman–Crippen LogP) is 1.35. The summed E-state index contributed by atoms with van der Waals surface area (Å²) in [4.78, 5) is 31.6. The number of hydrogen-bond donors (Lipinski definition) is 3. The number of carbonyl (C=O) groups excluding carboxylic acids is 2. The normalized spacial score (nSPS) is 10.8. The number of carbonyl (C=O) groups is 2. The molecule has 3 rings (SSSR count). The van der Waals surface area contributed by atoms with Crippen LogP contribution in [0.15, 0.2) is 42.5 Å². The maximum absolute atomic E-state index is 13.3. The first-order chi connectivity index (χ1) is 15.6. The fourth-order valence-electron chi connectivity index (χ4n) is 3.32. The van der Waals surface area contributed by atoms with Crippen LogP contribution in [-0.2, 0) is 0 Å². The number of hydrogen-bond acceptors (Lipinski definition) is 7. The van der Waals surface area contributed by atoms with Gasteiger partial charge in [-0.3, -0.25) is 9.59 Å². The van der Waals surface area contributed by atoms with Crippen LogP contribution >= 0.6 is 0 Å². The second kappa shape index (κ2) is 9.89. The number of rotatable bonds is 7. The van der Waals surface area contributed by atoms with Gasteiger partial charge in [0, 0.05) is 41.9 Å². The molecule has 0 atom stereocenters. The monoisotopic (exact) mass is 451 g/mol. The fourth-order valence-corrected chi connectivity index (χ4v) is 3.32. The Labute approximate surface area is 192 Å². The third-order valence-electron chi connectivity index (χ3n) is 5.03. The lowest BCUT2D eigenvalue weighted by molar-refractivity contribution is 0.0940. The van der Waals surface area contributed by atoms with Crippen LogP contribution < -0.4 is 25.2 Å². The van der Waals surface area contributed by atoms with Gasteiger partial charge in [0.05, 0.1) is 19.7 Å². The summed E-state index contributed by atoms with van der Waals surface area (Å²) in [6.45, 7) is 3.62. The first-order valence-corrected chi connectivity index (χ1v) is 10.3. The minimum Gasteiger partial charge on any atom is -0.497 e. The quantitative estimate of drug-likeness (QED) is 0.464. The van der Waals surface area contributed by atoms with Gasteiger partial charge < -0.3 is 29.7 Å². The second-order valence-electron chi connectivity index (χ2n) is 7.77. The van der Waals surface area contributed by atoms with E-state index in [1.165, 1.54) is 50.4 Å². The van der Waals surface area contributed by atoms with Crippen molar-refractivity contribution in [2.45, 2.75) is 19.9 Å². The highest BCUT2D eigenvalue weighted by Gasteiger charge is 2.22. The molecule has 0 spiro atoms. The van der Waals surface area contributed by atoms with Gasteiger partial charge in [-0.15, -0.1) is 0 Å². The van der Waals surface area contributed by atoms with Crippen LogP contribution in [0.1, 0.15) is 34.7 Å². The molecule has 2 amide bonds. The van der Waals surface area contributed by atoms with E-state index in [-0.39, 0.29) is 22.8 Å². The molecule has 9 nitrogen and oxygen atoms in total. The molecule has 172 valence electrons. The summed E-state index contributed by atoms with van der Waals surface area (Å²) < 4.78 is 10.7. The van der Waals surface area contributed by atoms with E-state index in [9.17, 15) is 19.6 Å². The Morgan fingerprint density at radius 3 is 2.39 bits per heavy atom. The van der Waals surface area contributed by atoms with Gasteiger partial charge in [-0.2, -0.15) is 0 Å². The highest BCUT2D eigenvalue weighted by Crippen LogP contribution is 2.29. The van der Waals surface area contributed by atoms with E-state index in [2.05, 4.69) is 10.3 Å². The van der Waals surface area contributed by atoms with Crippen molar-refractivity contribution >= 4 is 41.0 Å². The Morgan fingerprint density at radius 2 is 1.79 bits per heavy atom. The number of fused-ring (bicyclic) bond motifs is 1. The molecule has 1 aromatic heterocycles. The number of aromatic nitrogens is 1. The summed E-state index contributed by atoms with van der Waals surface area (Å²) >= 11 is 0. The van der Waals surface area contributed by atoms with Crippen molar-refractivity contribution in [3.63, 3.8) is 0 Å². The molecule has 0 aliphatic rings. The van der Waals surface area contributed by atoms with Crippen LogP contribution in [0.4, 0.5) is 5.69 Å². The largest absolute Gasteiger partial charge is 0.497 e. The smallest absolute Gasteiger partial charge is 0.488 e. The molecule has 1 heterocycles. The summed E-state index contributed by atoms with van der Waals surface area (Å²) in [7, 11) is 2.74. The number of nitrogens with one attached hydrogen (secondary N) is 1. The molecule has 3 N–H and O–H groups in total. The maximum Gasteiger partial charge on any atom is 0.488 e. The highest BCUT2D eigenvalue weighted by molar-refractivity contribution is 6.58. The highest BCUT2D eigenvalue weighted by atomic mass is 16.5. The number of methoxy groups -OCH3 is 2. The number of pyridine rings is 1. The van der Waals surface area contributed by atoms with Crippen molar-refractivity contribution in [2.24, 2.45) is 0 Å². The van der Waals surface area contributed by atoms with E-state index in [0.717, 1.165) is 5.39 Å². The van der Waals surface area contributed by atoms with Gasteiger partial charge in [-0.25, -0.2) is 4.98 Å². The van der Waals surface area contributed by atoms with E-state index in [4.69, 9.17) is 9.47 Å². The van der Waals surface area contributed by atoms with E-state index >= 15 is 0 Å². The fraction of sp³-hybridized carbons (Fsp3) is 0.261. The molecule has 0 aliphatic carbocycles. The first kappa shape index (κ1) is 24.0. The van der Waals surface area contributed by atoms with E-state index in [1.54, 1.807) is 18.2 Å². The zero-order valence-corrected chi connectivity index (χ0v) is 19.1. The molecule has 0 saturated heterocycles. The van der Waals surface area contributed by atoms with Gasteiger partial charge in [0.2, 0.25) is 0 Å². The summed E-state index contributed by atoms with van der Waals surface area (Å²) in [5, 5.41) is 22.8. The lowest BCUT2D eigenvalue weighted by Gasteiger charge is -2.20. The molecule has 0 bridgehead atoms. The standard InChI is InChI=1S/C23H26BN3O6/c1-13(2)25-22(28)14-8-15(24(30)31)10-16(9-14)27(3)23(29)20-12-21(33-5)18-7-6-17(32-4)11-19(18)26-20/h6-13,30-31H,1-5H3,(H,25,28). The van der Waals surface area contributed by atoms with Crippen LogP contribution in [0, 0.1) is 0 Å².